The first-order chi connectivity index (χ1) is 7.70. The zero-order chi connectivity index (χ0) is 11.9. The van der Waals surface area contributed by atoms with Gasteiger partial charge in [-0.15, -0.1) is 11.8 Å². The Hall–Kier alpha value is -1.12. The van der Waals surface area contributed by atoms with E-state index in [1.807, 2.05) is 13.0 Å². The van der Waals surface area contributed by atoms with Crippen molar-refractivity contribution in [2.24, 2.45) is 5.73 Å². The van der Waals surface area contributed by atoms with Crippen molar-refractivity contribution in [1.29, 1.82) is 5.26 Å². The zero-order valence-electron chi connectivity index (χ0n) is 9.39. The maximum absolute atomic E-state index is 8.90. The molecule has 0 aromatic carbocycles. The highest BCUT2D eigenvalue weighted by Crippen LogP contribution is 2.19. The lowest BCUT2D eigenvalue weighted by Crippen LogP contribution is -2.37. The molecule has 5 heteroatoms. The highest BCUT2D eigenvalue weighted by molar-refractivity contribution is 7.99. The van der Waals surface area contributed by atoms with Crippen LogP contribution in [0.25, 0.3) is 0 Å². The minimum atomic E-state index is -0.660. The van der Waals surface area contributed by atoms with E-state index in [0.29, 0.717) is 6.42 Å². The predicted octanol–water partition coefficient (Wildman–Crippen LogP) is 1.98. The quantitative estimate of drug-likeness (QED) is 0.464. The van der Waals surface area contributed by atoms with Crippen LogP contribution in [0.5, 0.6) is 0 Å². The first kappa shape index (κ1) is 12.9. The van der Waals surface area contributed by atoms with Gasteiger partial charge in [-0.3, -0.25) is 0 Å². The van der Waals surface area contributed by atoms with E-state index in [0.717, 1.165) is 23.6 Å². The summed E-state index contributed by atoms with van der Waals surface area (Å²) < 4.78 is 0. The third kappa shape index (κ3) is 4.17. The fourth-order valence-corrected chi connectivity index (χ4v) is 2.02. The molecule has 0 amide bonds. The van der Waals surface area contributed by atoms with E-state index >= 15 is 0 Å². The molecule has 16 heavy (non-hydrogen) atoms. The Kier molecular flexibility index (Phi) is 5.23. The van der Waals surface area contributed by atoms with Gasteiger partial charge >= 0.3 is 0 Å². The van der Waals surface area contributed by atoms with Crippen molar-refractivity contribution in [1.82, 2.24) is 9.97 Å². The van der Waals surface area contributed by atoms with Crippen molar-refractivity contribution in [2.75, 3.05) is 5.75 Å². The van der Waals surface area contributed by atoms with Crippen LogP contribution in [-0.4, -0.2) is 21.3 Å². The summed E-state index contributed by atoms with van der Waals surface area (Å²) in [5.74, 6) is 0.928. The van der Waals surface area contributed by atoms with E-state index in [1.54, 1.807) is 18.0 Å². The number of nitrogens with two attached hydrogens (primary N) is 1. The number of aromatic nitrogens is 2. The van der Waals surface area contributed by atoms with Gasteiger partial charge in [-0.25, -0.2) is 9.97 Å². The van der Waals surface area contributed by atoms with E-state index < -0.39 is 5.54 Å². The number of hydrogen-bond donors (Lipinski definition) is 1. The Bertz CT molecular complexity index is 349. The Balaban J connectivity index is 2.25. The number of hydrogen-bond acceptors (Lipinski definition) is 5. The highest BCUT2D eigenvalue weighted by Gasteiger charge is 2.20. The Morgan fingerprint density at radius 3 is 3.00 bits per heavy atom. The van der Waals surface area contributed by atoms with Crippen molar-refractivity contribution in [3.8, 4) is 6.07 Å². The van der Waals surface area contributed by atoms with E-state index in [4.69, 9.17) is 11.0 Å². The van der Waals surface area contributed by atoms with Crippen LogP contribution in [-0.2, 0) is 0 Å². The molecule has 0 saturated heterocycles. The van der Waals surface area contributed by atoms with Gasteiger partial charge in [-0.1, -0.05) is 6.92 Å². The summed E-state index contributed by atoms with van der Waals surface area (Å²) in [5, 5.41) is 9.86. The SMILES string of the molecule is CCC(N)(C#N)CCCSc1ccncn1. The zero-order valence-corrected chi connectivity index (χ0v) is 10.2. The van der Waals surface area contributed by atoms with Crippen molar-refractivity contribution in [2.45, 2.75) is 36.8 Å². The van der Waals surface area contributed by atoms with Gasteiger partial charge in [0.05, 0.1) is 11.1 Å². The molecular formula is C11H16N4S. The molecule has 0 fully saturated rings. The minimum Gasteiger partial charge on any atom is -0.313 e. The fourth-order valence-electron chi connectivity index (χ4n) is 1.24. The Labute approximate surface area is 100 Å². The van der Waals surface area contributed by atoms with Gasteiger partial charge in [0.25, 0.3) is 0 Å². The third-order valence-corrected chi connectivity index (χ3v) is 3.46. The molecule has 1 atom stereocenters. The Morgan fingerprint density at radius 2 is 2.44 bits per heavy atom. The number of rotatable bonds is 6. The monoisotopic (exact) mass is 236 g/mol. The lowest BCUT2D eigenvalue weighted by Gasteiger charge is -2.18. The van der Waals surface area contributed by atoms with E-state index in [2.05, 4.69) is 16.0 Å². The van der Waals surface area contributed by atoms with Gasteiger partial charge in [0.15, 0.2) is 0 Å². The molecular weight excluding hydrogens is 220 g/mol. The molecule has 1 unspecified atom stereocenters. The van der Waals surface area contributed by atoms with Gasteiger partial charge < -0.3 is 5.73 Å². The van der Waals surface area contributed by atoms with Gasteiger partial charge in [0.2, 0.25) is 0 Å². The summed E-state index contributed by atoms with van der Waals surface area (Å²) in [6.45, 7) is 1.95. The topological polar surface area (TPSA) is 75.6 Å². The van der Waals surface area contributed by atoms with Crippen LogP contribution in [0, 0.1) is 11.3 Å². The van der Waals surface area contributed by atoms with Crippen LogP contribution in [0.2, 0.25) is 0 Å². The standard InChI is InChI=1S/C11H16N4S/c1-2-11(13,8-12)5-3-7-16-10-4-6-14-9-15-10/h4,6,9H,2-3,5,7,13H2,1H3. The van der Waals surface area contributed by atoms with Crippen LogP contribution in [0.4, 0.5) is 0 Å². The molecule has 0 spiro atoms. The summed E-state index contributed by atoms with van der Waals surface area (Å²) in [6, 6.07) is 4.05. The van der Waals surface area contributed by atoms with E-state index in [-0.39, 0.29) is 0 Å². The molecule has 4 nitrogen and oxygen atoms in total. The second-order valence-corrected chi connectivity index (χ2v) is 4.74. The average molecular weight is 236 g/mol. The van der Waals surface area contributed by atoms with Crippen LogP contribution >= 0.6 is 11.8 Å². The van der Waals surface area contributed by atoms with Crippen molar-refractivity contribution in [3.63, 3.8) is 0 Å². The molecule has 86 valence electrons. The number of nitriles is 1. The lowest BCUT2D eigenvalue weighted by atomic mass is 9.94. The molecule has 1 rings (SSSR count). The first-order valence-electron chi connectivity index (χ1n) is 5.29. The average Bonchev–Trinajstić information content (AvgIpc) is 2.36. The number of nitrogens with zero attached hydrogens (tertiary/aromatic N) is 3. The van der Waals surface area contributed by atoms with Crippen LogP contribution < -0.4 is 5.73 Å². The normalized spacial score (nSPS) is 14.1. The summed E-state index contributed by atoms with van der Waals surface area (Å²) in [5.41, 5.74) is 5.22. The van der Waals surface area contributed by atoms with Gasteiger partial charge in [-0.2, -0.15) is 5.26 Å². The minimum absolute atomic E-state index is 0.660. The fraction of sp³-hybridized carbons (Fsp3) is 0.545. The molecule has 0 radical (unpaired) electrons. The predicted molar refractivity (Wildman–Crippen MR) is 64.8 cm³/mol. The highest BCUT2D eigenvalue weighted by atomic mass is 32.2. The first-order valence-corrected chi connectivity index (χ1v) is 6.28. The second kappa shape index (κ2) is 6.46. The molecule has 0 saturated carbocycles. The summed E-state index contributed by atoms with van der Waals surface area (Å²) in [7, 11) is 0. The molecule has 1 aromatic heterocycles. The maximum atomic E-state index is 8.90. The van der Waals surface area contributed by atoms with Crippen molar-refractivity contribution >= 4 is 11.8 Å². The molecule has 0 aliphatic carbocycles. The molecule has 0 bridgehead atoms. The smallest absolute Gasteiger partial charge is 0.116 e. The van der Waals surface area contributed by atoms with E-state index in [9.17, 15) is 0 Å². The summed E-state index contributed by atoms with van der Waals surface area (Å²) >= 11 is 1.67. The van der Waals surface area contributed by atoms with Crippen LogP contribution in [0.1, 0.15) is 26.2 Å². The second-order valence-electron chi connectivity index (χ2n) is 3.62. The van der Waals surface area contributed by atoms with E-state index in [1.165, 1.54) is 6.33 Å². The summed E-state index contributed by atoms with van der Waals surface area (Å²) in [4.78, 5) is 7.96. The lowest BCUT2D eigenvalue weighted by molar-refractivity contribution is 0.478. The molecule has 2 N–H and O–H groups in total. The van der Waals surface area contributed by atoms with Crippen LogP contribution in [0.3, 0.4) is 0 Å². The van der Waals surface area contributed by atoms with Crippen molar-refractivity contribution < 1.29 is 0 Å². The molecule has 0 aliphatic rings. The van der Waals surface area contributed by atoms with Gasteiger partial charge in [0, 0.05) is 6.20 Å². The van der Waals surface area contributed by atoms with Gasteiger partial charge in [-0.05, 0) is 31.1 Å². The van der Waals surface area contributed by atoms with Gasteiger partial charge in [0.1, 0.15) is 11.9 Å². The molecule has 0 aliphatic heterocycles. The summed E-state index contributed by atoms with van der Waals surface area (Å²) in [6.07, 6.45) is 5.62. The Morgan fingerprint density at radius 1 is 1.62 bits per heavy atom. The maximum Gasteiger partial charge on any atom is 0.116 e. The van der Waals surface area contributed by atoms with Crippen molar-refractivity contribution in [3.05, 3.63) is 18.6 Å². The third-order valence-electron chi connectivity index (χ3n) is 2.43. The molecule has 1 heterocycles. The van der Waals surface area contributed by atoms with Crippen LogP contribution in [0.15, 0.2) is 23.6 Å². The largest absolute Gasteiger partial charge is 0.313 e. The number of thioether (sulfide) groups is 1. The molecule has 1 aromatic rings.